The zero-order valence-electron chi connectivity index (χ0n) is 17.1. The molecule has 0 bridgehead atoms. The number of fused-ring (bicyclic) bond motifs is 1. The van der Waals surface area contributed by atoms with Gasteiger partial charge in [-0.3, -0.25) is 4.79 Å². The van der Waals surface area contributed by atoms with Gasteiger partial charge in [0.05, 0.1) is 11.2 Å². The van der Waals surface area contributed by atoms with E-state index >= 15 is 0 Å². The maximum Gasteiger partial charge on any atom is 0.248 e. The van der Waals surface area contributed by atoms with E-state index in [4.69, 9.17) is 15.7 Å². The third-order valence-corrected chi connectivity index (χ3v) is 5.72. The molecular formula is C25H23N5O. The number of hydrogen-bond acceptors (Lipinski definition) is 5. The van der Waals surface area contributed by atoms with Gasteiger partial charge in [-0.05, 0) is 30.3 Å². The van der Waals surface area contributed by atoms with Crippen molar-refractivity contribution in [2.45, 2.75) is 0 Å². The lowest BCUT2D eigenvalue weighted by molar-refractivity contribution is 0.100. The Bertz CT molecular complexity index is 1220. The smallest absolute Gasteiger partial charge is 0.248 e. The van der Waals surface area contributed by atoms with Crippen LogP contribution in [0.25, 0.3) is 22.2 Å². The minimum atomic E-state index is -0.404. The van der Waals surface area contributed by atoms with Crippen LogP contribution >= 0.6 is 0 Å². The minimum Gasteiger partial charge on any atom is -0.368 e. The van der Waals surface area contributed by atoms with Crippen LogP contribution in [-0.2, 0) is 0 Å². The van der Waals surface area contributed by atoms with Crippen molar-refractivity contribution in [2.24, 2.45) is 5.73 Å². The van der Waals surface area contributed by atoms with E-state index in [2.05, 4.69) is 28.0 Å². The first-order chi connectivity index (χ1) is 15.2. The van der Waals surface area contributed by atoms with E-state index < -0.39 is 5.91 Å². The Morgan fingerprint density at radius 3 is 2.10 bits per heavy atom. The van der Waals surface area contributed by atoms with Gasteiger partial charge in [0.15, 0.2) is 0 Å². The van der Waals surface area contributed by atoms with Crippen molar-refractivity contribution in [3.8, 4) is 11.3 Å². The van der Waals surface area contributed by atoms with Gasteiger partial charge in [-0.15, -0.1) is 0 Å². The highest BCUT2D eigenvalue weighted by Gasteiger charge is 2.21. The van der Waals surface area contributed by atoms with Gasteiger partial charge in [0.2, 0.25) is 11.9 Å². The molecule has 0 atom stereocenters. The molecule has 3 aromatic carbocycles. The number of carbonyl (C=O) groups excluding carboxylic acids is 1. The normalized spacial score (nSPS) is 14.1. The second kappa shape index (κ2) is 8.07. The van der Waals surface area contributed by atoms with E-state index in [1.165, 1.54) is 0 Å². The van der Waals surface area contributed by atoms with E-state index in [-0.39, 0.29) is 0 Å². The van der Waals surface area contributed by atoms with Gasteiger partial charge >= 0.3 is 0 Å². The predicted octanol–water partition coefficient (Wildman–Crippen LogP) is 3.72. The lowest BCUT2D eigenvalue weighted by Gasteiger charge is -2.36. The molecule has 2 N–H and O–H groups in total. The zero-order valence-corrected chi connectivity index (χ0v) is 17.1. The maximum absolute atomic E-state index is 11.3. The highest BCUT2D eigenvalue weighted by atomic mass is 16.1. The average molecular weight is 409 g/mol. The van der Waals surface area contributed by atoms with Crippen LogP contribution < -0.4 is 15.5 Å². The molecule has 1 amide bonds. The van der Waals surface area contributed by atoms with E-state index in [1.54, 1.807) is 12.1 Å². The molecule has 2 heterocycles. The number of nitrogens with zero attached hydrogens (tertiary/aromatic N) is 4. The number of benzene rings is 3. The van der Waals surface area contributed by atoms with Crippen molar-refractivity contribution >= 4 is 28.4 Å². The fourth-order valence-electron chi connectivity index (χ4n) is 4.02. The van der Waals surface area contributed by atoms with Crippen LogP contribution in [0.15, 0.2) is 78.9 Å². The van der Waals surface area contributed by atoms with Gasteiger partial charge in [0.25, 0.3) is 0 Å². The van der Waals surface area contributed by atoms with Crippen LogP contribution in [-0.4, -0.2) is 42.1 Å². The number of aromatic nitrogens is 2. The zero-order chi connectivity index (χ0) is 21.2. The Balaban J connectivity index is 1.40. The number of para-hydroxylation sites is 1. The van der Waals surface area contributed by atoms with Gasteiger partial charge in [0.1, 0.15) is 0 Å². The van der Waals surface area contributed by atoms with E-state index in [0.29, 0.717) is 5.56 Å². The number of piperazine rings is 1. The highest BCUT2D eigenvalue weighted by Crippen LogP contribution is 2.29. The molecular weight excluding hydrogens is 386 g/mol. The van der Waals surface area contributed by atoms with Crippen molar-refractivity contribution in [2.75, 3.05) is 36.0 Å². The summed E-state index contributed by atoms with van der Waals surface area (Å²) in [6.07, 6.45) is 0. The molecule has 6 nitrogen and oxygen atoms in total. The number of carbonyl (C=O) groups is 1. The molecule has 6 heteroatoms. The molecule has 1 aliphatic heterocycles. The molecule has 1 saturated heterocycles. The first kappa shape index (κ1) is 19.1. The van der Waals surface area contributed by atoms with Crippen LogP contribution in [0.5, 0.6) is 0 Å². The quantitative estimate of drug-likeness (QED) is 0.556. The average Bonchev–Trinajstić information content (AvgIpc) is 2.84. The first-order valence-electron chi connectivity index (χ1n) is 10.4. The highest BCUT2D eigenvalue weighted by molar-refractivity contribution is 5.93. The summed E-state index contributed by atoms with van der Waals surface area (Å²) in [7, 11) is 0. The van der Waals surface area contributed by atoms with Crippen LogP contribution in [0.4, 0.5) is 11.6 Å². The largest absolute Gasteiger partial charge is 0.368 e. The number of anilines is 2. The fourth-order valence-corrected chi connectivity index (χ4v) is 4.02. The Morgan fingerprint density at radius 1 is 0.742 bits per heavy atom. The lowest BCUT2D eigenvalue weighted by Crippen LogP contribution is -2.47. The van der Waals surface area contributed by atoms with Crippen LogP contribution in [0.1, 0.15) is 10.4 Å². The number of rotatable bonds is 4. The monoisotopic (exact) mass is 409 g/mol. The SMILES string of the molecule is NC(=O)c1ccc(N2CCN(c3nc(-c4ccccc4)c4ccccc4n3)CC2)cc1. The summed E-state index contributed by atoms with van der Waals surface area (Å²) < 4.78 is 0. The molecule has 31 heavy (non-hydrogen) atoms. The third-order valence-electron chi connectivity index (χ3n) is 5.72. The van der Waals surface area contributed by atoms with Crippen LogP contribution in [0, 0.1) is 0 Å². The summed E-state index contributed by atoms with van der Waals surface area (Å²) in [6, 6.07) is 25.9. The molecule has 1 aromatic heterocycles. The summed E-state index contributed by atoms with van der Waals surface area (Å²) in [5.41, 5.74) is 9.98. The molecule has 4 aromatic rings. The van der Waals surface area contributed by atoms with Crippen LogP contribution in [0.3, 0.4) is 0 Å². The third kappa shape index (κ3) is 3.80. The number of amides is 1. The minimum absolute atomic E-state index is 0.404. The van der Waals surface area contributed by atoms with E-state index in [1.807, 2.05) is 48.5 Å². The van der Waals surface area contributed by atoms with E-state index in [0.717, 1.165) is 60.0 Å². The van der Waals surface area contributed by atoms with Gasteiger partial charge in [0, 0.05) is 48.4 Å². The molecule has 154 valence electrons. The number of hydrogen-bond donors (Lipinski definition) is 1. The predicted molar refractivity (Wildman–Crippen MR) is 124 cm³/mol. The summed E-state index contributed by atoms with van der Waals surface area (Å²) in [5.74, 6) is 0.361. The van der Waals surface area contributed by atoms with Crippen LogP contribution in [0.2, 0.25) is 0 Å². The standard InChI is InChI=1S/C25H23N5O/c26-24(31)19-10-12-20(13-11-19)29-14-16-30(17-15-29)25-27-22-9-5-4-8-21(22)23(28-25)18-6-2-1-3-7-18/h1-13H,14-17H2,(H2,26,31). The first-order valence-corrected chi connectivity index (χ1v) is 10.4. The number of primary amides is 1. The second-order valence-corrected chi connectivity index (χ2v) is 7.64. The van der Waals surface area contributed by atoms with Gasteiger partial charge in [-0.25, -0.2) is 9.97 Å². The fraction of sp³-hybridized carbons (Fsp3) is 0.160. The number of nitrogens with two attached hydrogens (primary N) is 1. The summed E-state index contributed by atoms with van der Waals surface area (Å²) >= 11 is 0. The van der Waals surface area contributed by atoms with Gasteiger partial charge in [-0.1, -0.05) is 48.5 Å². The van der Waals surface area contributed by atoms with Crippen molar-refractivity contribution in [1.82, 2.24) is 9.97 Å². The molecule has 5 rings (SSSR count). The molecule has 0 unspecified atom stereocenters. The second-order valence-electron chi connectivity index (χ2n) is 7.64. The summed E-state index contributed by atoms with van der Waals surface area (Å²) in [5, 5.41) is 1.06. The lowest BCUT2D eigenvalue weighted by atomic mass is 10.1. The topological polar surface area (TPSA) is 75.4 Å². The Kier molecular flexibility index (Phi) is 4.96. The summed E-state index contributed by atoms with van der Waals surface area (Å²) in [6.45, 7) is 3.35. The van der Waals surface area contributed by atoms with Crippen molar-refractivity contribution in [3.05, 3.63) is 84.4 Å². The van der Waals surface area contributed by atoms with Crippen molar-refractivity contribution in [3.63, 3.8) is 0 Å². The molecule has 0 radical (unpaired) electrons. The molecule has 0 aliphatic carbocycles. The molecule has 0 saturated carbocycles. The molecule has 0 spiro atoms. The maximum atomic E-state index is 11.3. The molecule has 1 aliphatic rings. The Morgan fingerprint density at radius 2 is 1.39 bits per heavy atom. The van der Waals surface area contributed by atoms with E-state index in [9.17, 15) is 4.79 Å². The van der Waals surface area contributed by atoms with Crippen molar-refractivity contribution < 1.29 is 4.79 Å². The van der Waals surface area contributed by atoms with Gasteiger partial charge < -0.3 is 15.5 Å². The van der Waals surface area contributed by atoms with Gasteiger partial charge in [-0.2, -0.15) is 0 Å². The Labute approximate surface area is 181 Å². The summed E-state index contributed by atoms with van der Waals surface area (Å²) in [4.78, 5) is 25.7. The molecule has 1 fully saturated rings. The Hall–Kier alpha value is -3.93. The van der Waals surface area contributed by atoms with Crippen molar-refractivity contribution in [1.29, 1.82) is 0 Å².